The van der Waals surface area contributed by atoms with Gasteiger partial charge in [-0.2, -0.15) is 0 Å². The molecule has 2 bridgehead atoms. The standard InChI is InChI=1S/C18H26N2O/c1-20-14-5-4-6-15(20)12-13(11-14)19-17-9-10-21-18-8-3-2-7-16(17)18/h2-3,7-8,13-15,17,19H,4-6,9-12H2,1H3. The molecule has 3 heterocycles. The van der Waals surface area contributed by atoms with Crippen LogP contribution in [0.3, 0.4) is 0 Å². The molecule has 0 saturated carbocycles. The summed E-state index contributed by atoms with van der Waals surface area (Å²) < 4.78 is 5.79. The van der Waals surface area contributed by atoms with Crippen LogP contribution in [0.15, 0.2) is 24.3 Å². The van der Waals surface area contributed by atoms with Crippen LogP contribution in [0, 0.1) is 0 Å². The third kappa shape index (κ3) is 2.58. The van der Waals surface area contributed by atoms with Gasteiger partial charge in [-0.05, 0) is 38.8 Å². The van der Waals surface area contributed by atoms with Gasteiger partial charge in [0.15, 0.2) is 0 Å². The predicted octanol–water partition coefficient (Wildman–Crippen LogP) is 3.12. The maximum absolute atomic E-state index is 5.79. The average molecular weight is 286 g/mol. The molecule has 3 unspecified atom stereocenters. The zero-order valence-corrected chi connectivity index (χ0v) is 12.9. The van der Waals surface area contributed by atoms with Gasteiger partial charge >= 0.3 is 0 Å². The molecule has 3 aliphatic rings. The highest BCUT2D eigenvalue weighted by atomic mass is 16.5. The maximum atomic E-state index is 5.79. The van der Waals surface area contributed by atoms with Gasteiger partial charge in [-0.3, -0.25) is 0 Å². The fourth-order valence-electron chi connectivity index (χ4n) is 4.55. The minimum atomic E-state index is 0.476. The Morgan fingerprint density at radius 2 is 1.86 bits per heavy atom. The lowest BCUT2D eigenvalue weighted by Crippen LogP contribution is -2.55. The van der Waals surface area contributed by atoms with Gasteiger partial charge in [0.25, 0.3) is 0 Å². The zero-order chi connectivity index (χ0) is 14.2. The van der Waals surface area contributed by atoms with Gasteiger partial charge in [-0.25, -0.2) is 0 Å². The van der Waals surface area contributed by atoms with E-state index in [4.69, 9.17) is 4.74 Å². The van der Waals surface area contributed by atoms with Crippen LogP contribution in [0.5, 0.6) is 5.75 Å². The van der Waals surface area contributed by atoms with Crippen LogP contribution in [-0.2, 0) is 0 Å². The fraction of sp³-hybridized carbons (Fsp3) is 0.667. The molecule has 3 atom stereocenters. The third-order valence-corrected chi connectivity index (χ3v) is 5.74. The second-order valence-corrected chi connectivity index (χ2v) is 6.97. The van der Waals surface area contributed by atoms with E-state index in [-0.39, 0.29) is 0 Å². The number of nitrogens with one attached hydrogen (secondary N) is 1. The number of para-hydroxylation sites is 1. The van der Waals surface area contributed by atoms with Crippen LogP contribution in [0.25, 0.3) is 0 Å². The van der Waals surface area contributed by atoms with Crippen LogP contribution in [0.4, 0.5) is 0 Å². The van der Waals surface area contributed by atoms with E-state index in [2.05, 4.69) is 41.5 Å². The fourth-order valence-corrected chi connectivity index (χ4v) is 4.55. The van der Waals surface area contributed by atoms with Crippen molar-refractivity contribution < 1.29 is 4.74 Å². The Hall–Kier alpha value is -1.06. The first-order valence-electron chi connectivity index (χ1n) is 8.51. The van der Waals surface area contributed by atoms with Gasteiger partial charge in [0, 0.05) is 36.2 Å². The second kappa shape index (κ2) is 5.62. The van der Waals surface area contributed by atoms with Crippen LogP contribution in [0.2, 0.25) is 0 Å². The van der Waals surface area contributed by atoms with Crippen molar-refractivity contribution in [3.8, 4) is 5.75 Å². The molecular formula is C18H26N2O. The van der Waals surface area contributed by atoms with Gasteiger partial charge in [0.2, 0.25) is 0 Å². The van der Waals surface area contributed by atoms with Crippen LogP contribution >= 0.6 is 0 Å². The highest BCUT2D eigenvalue weighted by Crippen LogP contribution is 2.36. The SMILES string of the molecule is CN1C2CCCC1CC(NC1CCOc3ccccc31)C2. The Bertz CT molecular complexity index is 490. The highest BCUT2D eigenvalue weighted by Gasteiger charge is 2.37. The smallest absolute Gasteiger partial charge is 0.124 e. The van der Waals surface area contributed by atoms with E-state index in [1.54, 1.807) is 0 Å². The Kier molecular flexibility index (Phi) is 3.64. The van der Waals surface area contributed by atoms with Crippen LogP contribution < -0.4 is 10.1 Å². The second-order valence-electron chi connectivity index (χ2n) is 6.97. The zero-order valence-electron chi connectivity index (χ0n) is 12.9. The first-order chi connectivity index (χ1) is 10.3. The van der Waals surface area contributed by atoms with Crippen LogP contribution in [-0.4, -0.2) is 36.7 Å². The van der Waals surface area contributed by atoms with Crippen molar-refractivity contribution in [3.05, 3.63) is 29.8 Å². The third-order valence-electron chi connectivity index (χ3n) is 5.74. The summed E-state index contributed by atoms with van der Waals surface area (Å²) in [5.41, 5.74) is 1.35. The first-order valence-corrected chi connectivity index (χ1v) is 8.51. The summed E-state index contributed by atoms with van der Waals surface area (Å²) in [6, 6.07) is 11.3. The van der Waals surface area contributed by atoms with Crippen molar-refractivity contribution in [2.75, 3.05) is 13.7 Å². The number of ether oxygens (including phenoxy) is 1. The summed E-state index contributed by atoms with van der Waals surface area (Å²) in [4.78, 5) is 2.64. The van der Waals surface area contributed by atoms with Gasteiger partial charge in [0.05, 0.1) is 6.61 Å². The minimum absolute atomic E-state index is 0.476. The molecule has 0 amide bonds. The monoisotopic (exact) mass is 286 g/mol. The number of benzene rings is 1. The Morgan fingerprint density at radius 1 is 1.10 bits per heavy atom. The molecule has 2 saturated heterocycles. The van der Waals surface area contributed by atoms with E-state index in [0.29, 0.717) is 12.1 Å². The molecule has 21 heavy (non-hydrogen) atoms. The number of piperidine rings is 2. The van der Waals surface area contributed by atoms with Gasteiger partial charge in [-0.1, -0.05) is 24.6 Å². The van der Waals surface area contributed by atoms with Crippen molar-refractivity contribution in [2.45, 2.75) is 62.7 Å². The molecular weight excluding hydrogens is 260 g/mol. The normalized spacial score (nSPS) is 35.9. The summed E-state index contributed by atoms with van der Waals surface area (Å²) in [5, 5.41) is 3.96. The molecule has 0 spiro atoms. The largest absolute Gasteiger partial charge is 0.493 e. The van der Waals surface area contributed by atoms with Gasteiger partial charge in [-0.15, -0.1) is 0 Å². The van der Waals surface area contributed by atoms with Crippen molar-refractivity contribution in [2.24, 2.45) is 0 Å². The van der Waals surface area contributed by atoms with Gasteiger partial charge < -0.3 is 15.0 Å². The van der Waals surface area contributed by atoms with Crippen LogP contribution in [0.1, 0.15) is 50.1 Å². The summed E-state index contributed by atoms with van der Waals surface area (Å²) >= 11 is 0. The molecule has 114 valence electrons. The number of nitrogens with zero attached hydrogens (tertiary/aromatic N) is 1. The highest BCUT2D eigenvalue weighted by molar-refractivity contribution is 5.37. The number of rotatable bonds is 2. The van der Waals surface area contributed by atoms with E-state index in [1.165, 1.54) is 37.7 Å². The minimum Gasteiger partial charge on any atom is -0.493 e. The molecule has 0 aromatic heterocycles. The summed E-state index contributed by atoms with van der Waals surface area (Å²) in [6.45, 7) is 0.841. The van der Waals surface area contributed by atoms with Crippen molar-refractivity contribution in [1.82, 2.24) is 10.2 Å². The molecule has 3 aliphatic heterocycles. The topological polar surface area (TPSA) is 24.5 Å². The molecule has 1 aromatic rings. The molecule has 0 aliphatic carbocycles. The molecule has 2 fully saturated rings. The van der Waals surface area contributed by atoms with E-state index < -0.39 is 0 Å². The Balaban J connectivity index is 1.48. The molecule has 3 heteroatoms. The summed E-state index contributed by atoms with van der Waals surface area (Å²) in [5.74, 6) is 1.08. The number of fused-ring (bicyclic) bond motifs is 3. The molecule has 1 N–H and O–H groups in total. The average Bonchev–Trinajstić information content (AvgIpc) is 2.49. The molecule has 1 aromatic carbocycles. The van der Waals surface area contributed by atoms with Crippen molar-refractivity contribution >= 4 is 0 Å². The lowest BCUT2D eigenvalue weighted by Gasteiger charge is -2.48. The predicted molar refractivity (Wildman–Crippen MR) is 84.6 cm³/mol. The lowest BCUT2D eigenvalue weighted by atomic mass is 9.81. The summed E-state index contributed by atoms with van der Waals surface area (Å²) in [6.07, 6.45) is 7.91. The quantitative estimate of drug-likeness (QED) is 0.904. The van der Waals surface area contributed by atoms with Gasteiger partial charge in [0.1, 0.15) is 5.75 Å². The summed E-state index contributed by atoms with van der Waals surface area (Å²) in [7, 11) is 2.33. The number of hydrogen-bond acceptors (Lipinski definition) is 3. The van der Waals surface area contributed by atoms with E-state index >= 15 is 0 Å². The van der Waals surface area contributed by atoms with Crippen molar-refractivity contribution in [3.63, 3.8) is 0 Å². The van der Waals surface area contributed by atoms with E-state index in [1.807, 2.05) is 0 Å². The van der Waals surface area contributed by atoms with E-state index in [0.717, 1.165) is 30.9 Å². The van der Waals surface area contributed by atoms with E-state index in [9.17, 15) is 0 Å². The molecule has 4 rings (SSSR count). The first kappa shape index (κ1) is 13.6. The maximum Gasteiger partial charge on any atom is 0.124 e. The Morgan fingerprint density at radius 3 is 2.67 bits per heavy atom. The van der Waals surface area contributed by atoms with Crippen molar-refractivity contribution in [1.29, 1.82) is 0 Å². The number of hydrogen-bond donors (Lipinski definition) is 1. The molecule has 3 nitrogen and oxygen atoms in total. The Labute approximate surface area is 127 Å². The lowest BCUT2D eigenvalue weighted by molar-refractivity contribution is 0.0441. The molecule has 0 radical (unpaired) electrons.